The Kier molecular flexibility index (Phi) is 4.00. The standard InChI is InChI=1S/C12H14N/c1-11(9-10-13)7-8-12-5-3-2-4-6-12/h1-8H,9-10,13H2. The molecule has 1 aromatic carbocycles. The average molecular weight is 172 g/mol. The van der Waals surface area contributed by atoms with Gasteiger partial charge in [0.15, 0.2) is 0 Å². The van der Waals surface area contributed by atoms with Gasteiger partial charge in [0.2, 0.25) is 0 Å². The zero-order valence-electron chi connectivity index (χ0n) is 7.61. The van der Waals surface area contributed by atoms with Crippen molar-refractivity contribution in [3.63, 3.8) is 0 Å². The lowest BCUT2D eigenvalue weighted by atomic mass is 10.1. The van der Waals surface area contributed by atoms with Crippen molar-refractivity contribution in [2.75, 3.05) is 6.54 Å². The van der Waals surface area contributed by atoms with Crippen molar-refractivity contribution < 1.29 is 0 Å². The van der Waals surface area contributed by atoms with Crippen LogP contribution in [0.2, 0.25) is 0 Å². The molecule has 67 valence electrons. The van der Waals surface area contributed by atoms with E-state index in [1.807, 2.05) is 42.5 Å². The third-order valence-corrected chi connectivity index (χ3v) is 1.72. The van der Waals surface area contributed by atoms with Crippen LogP contribution in [0.4, 0.5) is 0 Å². The van der Waals surface area contributed by atoms with Crippen LogP contribution in [0.5, 0.6) is 0 Å². The lowest BCUT2D eigenvalue weighted by molar-refractivity contribution is 0.976. The molecule has 0 unspecified atom stereocenters. The van der Waals surface area contributed by atoms with Gasteiger partial charge in [-0.25, -0.2) is 0 Å². The Morgan fingerprint density at radius 2 is 2.00 bits per heavy atom. The Labute approximate surface area is 79.6 Å². The Bertz CT molecular complexity index is 285. The fourth-order valence-corrected chi connectivity index (χ4v) is 1.02. The zero-order valence-corrected chi connectivity index (χ0v) is 7.61. The third kappa shape index (κ3) is 3.72. The number of rotatable bonds is 4. The number of allylic oxidation sites excluding steroid dienone is 1. The lowest BCUT2D eigenvalue weighted by Crippen LogP contribution is -1.98. The Morgan fingerprint density at radius 1 is 1.31 bits per heavy atom. The number of hydrogen-bond acceptors (Lipinski definition) is 1. The summed E-state index contributed by atoms with van der Waals surface area (Å²) in [6.45, 7) is 6.28. The molecule has 1 radical (unpaired) electrons. The SMILES string of the molecule is [CH]=C(C=Cc1ccccc1)CCN. The Hall–Kier alpha value is -1.34. The van der Waals surface area contributed by atoms with E-state index in [1.54, 1.807) is 0 Å². The molecular formula is C12H14N. The van der Waals surface area contributed by atoms with Crippen LogP contribution >= 0.6 is 0 Å². The highest BCUT2D eigenvalue weighted by atomic mass is 14.5. The molecule has 0 bridgehead atoms. The summed E-state index contributed by atoms with van der Waals surface area (Å²) in [5, 5.41) is 0. The summed E-state index contributed by atoms with van der Waals surface area (Å²) >= 11 is 0. The molecule has 0 aliphatic rings. The van der Waals surface area contributed by atoms with Crippen LogP contribution in [0.25, 0.3) is 6.08 Å². The van der Waals surface area contributed by atoms with Crippen LogP contribution in [0.15, 0.2) is 42.0 Å². The first-order valence-corrected chi connectivity index (χ1v) is 4.37. The fraction of sp³-hybridized carbons (Fsp3) is 0.167. The molecule has 1 heteroatoms. The molecule has 1 nitrogen and oxygen atoms in total. The van der Waals surface area contributed by atoms with Crippen LogP contribution in [-0.2, 0) is 0 Å². The second-order valence-corrected chi connectivity index (χ2v) is 2.86. The highest BCUT2D eigenvalue weighted by Crippen LogP contribution is 2.05. The highest BCUT2D eigenvalue weighted by molar-refractivity contribution is 5.51. The van der Waals surface area contributed by atoms with Gasteiger partial charge in [0.25, 0.3) is 0 Å². The van der Waals surface area contributed by atoms with Crippen LogP contribution in [-0.4, -0.2) is 6.54 Å². The molecule has 13 heavy (non-hydrogen) atoms. The van der Waals surface area contributed by atoms with Crippen molar-refractivity contribution in [3.05, 3.63) is 54.1 Å². The van der Waals surface area contributed by atoms with Gasteiger partial charge in [-0.3, -0.25) is 0 Å². The lowest BCUT2D eigenvalue weighted by Gasteiger charge is -1.95. The van der Waals surface area contributed by atoms with Crippen LogP contribution in [0.3, 0.4) is 0 Å². The largest absolute Gasteiger partial charge is 0.330 e. The number of hydrogen-bond donors (Lipinski definition) is 1. The maximum atomic E-state index is 5.68. The van der Waals surface area contributed by atoms with E-state index in [0.29, 0.717) is 6.54 Å². The summed E-state index contributed by atoms with van der Waals surface area (Å²) in [7, 11) is 0. The van der Waals surface area contributed by atoms with E-state index in [9.17, 15) is 0 Å². The van der Waals surface area contributed by atoms with Gasteiger partial charge in [0.05, 0.1) is 0 Å². The summed E-state index contributed by atoms with van der Waals surface area (Å²) in [5.74, 6) is 0. The molecule has 0 aromatic heterocycles. The van der Waals surface area contributed by atoms with Crippen molar-refractivity contribution in [2.24, 2.45) is 5.73 Å². The van der Waals surface area contributed by atoms with E-state index in [-0.39, 0.29) is 0 Å². The summed E-state index contributed by atoms with van der Waals surface area (Å²) in [4.78, 5) is 0. The molecule has 0 heterocycles. The highest BCUT2D eigenvalue weighted by Gasteiger charge is 1.86. The van der Waals surface area contributed by atoms with Gasteiger partial charge >= 0.3 is 0 Å². The first kappa shape index (κ1) is 9.75. The van der Waals surface area contributed by atoms with Crippen molar-refractivity contribution in [1.29, 1.82) is 0 Å². The van der Waals surface area contributed by atoms with Gasteiger partial charge in [0.1, 0.15) is 0 Å². The van der Waals surface area contributed by atoms with Crippen molar-refractivity contribution in [2.45, 2.75) is 6.42 Å². The summed E-state index contributed by atoms with van der Waals surface area (Å²) in [5.41, 5.74) is 7.34. The van der Waals surface area contributed by atoms with Gasteiger partial charge < -0.3 is 5.73 Å². The molecule has 0 aliphatic carbocycles. The molecule has 0 spiro atoms. The third-order valence-electron chi connectivity index (χ3n) is 1.72. The van der Waals surface area contributed by atoms with E-state index in [2.05, 4.69) is 0 Å². The predicted molar refractivity (Wildman–Crippen MR) is 57.0 cm³/mol. The van der Waals surface area contributed by atoms with Crippen molar-refractivity contribution in [3.8, 4) is 0 Å². The summed E-state index contributed by atoms with van der Waals surface area (Å²) < 4.78 is 0. The predicted octanol–water partition coefficient (Wildman–Crippen LogP) is 2.41. The molecule has 0 atom stereocenters. The van der Waals surface area contributed by atoms with Crippen LogP contribution in [0.1, 0.15) is 12.0 Å². The minimum Gasteiger partial charge on any atom is -0.330 e. The first-order valence-electron chi connectivity index (χ1n) is 4.37. The molecule has 2 N–H and O–H groups in total. The zero-order chi connectivity index (χ0) is 9.52. The Morgan fingerprint density at radius 3 is 2.62 bits per heavy atom. The number of nitrogens with two attached hydrogens (primary N) is 1. The molecule has 1 rings (SSSR count). The van der Waals surface area contributed by atoms with E-state index in [1.165, 1.54) is 0 Å². The molecule has 0 aliphatic heterocycles. The average Bonchev–Trinajstić information content (AvgIpc) is 2.17. The molecule has 0 saturated carbocycles. The smallest absolute Gasteiger partial charge is 0.00367 e. The van der Waals surface area contributed by atoms with E-state index in [0.717, 1.165) is 17.6 Å². The van der Waals surface area contributed by atoms with Gasteiger partial charge in [-0.15, -0.1) is 0 Å². The van der Waals surface area contributed by atoms with Crippen LogP contribution in [0, 0.1) is 6.58 Å². The molecule has 1 aromatic rings. The minimum absolute atomic E-state index is 0.602. The van der Waals surface area contributed by atoms with Crippen molar-refractivity contribution >= 4 is 6.08 Å². The van der Waals surface area contributed by atoms with E-state index in [4.69, 9.17) is 12.3 Å². The summed E-state index contributed by atoms with van der Waals surface area (Å²) in [6.07, 6.45) is 4.65. The fourth-order valence-electron chi connectivity index (χ4n) is 1.02. The maximum Gasteiger partial charge on any atom is -0.00367 e. The van der Waals surface area contributed by atoms with Gasteiger partial charge in [-0.1, -0.05) is 49.1 Å². The molecule has 0 amide bonds. The second-order valence-electron chi connectivity index (χ2n) is 2.86. The van der Waals surface area contributed by atoms with E-state index >= 15 is 0 Å². The minimum atomic E-state index is 0.602. The van der Waals surface area contributed by atoms with Crippen molar-refractivity contribution in [1.82, 2.24) is 0 Å². The maximum absolute atomic E-state index is 5.68. The Balaban J connectivity index is 2.54. The van der Waals surface area contributed by atoms with Crippen LogP contribution < -0.4 is 5.73 Å². The normalized spacial score (nSPS) is 10.5. The second kappa shape index (κ2) is 5.33. The number of benzene rings is 1. The first-order chi connectivity index (χ1) is 6.33. The van der Waals surface area contributed by atoms with Gasteiger partial charge in [0, 0.05) is 0 Å². The molecular weight excluding hydrogens is 158 g/mol. The van der Waals surface area contributed by atoms with Gasteiger partial charge in [-0.05, 0) is 24.1 Å². The molecule has 0 fully saturated rings. The van der Waals surface area contributed by atoms with Gasteiger partial charge in [-0.2, -0.15) is 0 Å². The topological polar surface area (TPSA) is 26.0 Å². The van der Waals surface area contributed by atoms with E-state index < -0.39 is 0 Å². The monoisotopic (exact) mass is 172 g/mol. The molecule has 0 saturated heterocycles. The summed E-state index contributed by atoms with van der Waals surface area (Å²) in [6, 6.07) is 10.1. The quantitative estimate of drug-likeness (QED) is 0.693.